The Balaban J connectivity index is 2.34. The fourth-order valence-corrected chi connectivity index (χ4v) is 2.87. The van der Waals surface area contributed by atoms with Crippen LogP contribution < -0.4 is 0 Å². The molecule has 0 radical (unpaired) electrons. The van der Waals surface area contributed by atoms with Crippen molar-refractivity contribution in [3.05, 3.63) is 35.4 Å². The van der Waals surface area contributed by atoms with Gasteiger partial charge >= 0.3 is 12.1 Å². The molecule has 1 saturated heterocycles. The fourth-order valence-electron chi connectivity index (χ4n) is 2.87. The van der Waals surface area contributed by atoms with Crippen molar-refractivity contribution >= 4 is 18.0 Å². The number of methoxy groups -OCH3 is 1. The van der Waals surface area contributed by atoms with Crippen LogP contribution in [0.1, 0.15) is 50.8 Å². The Morgan fingerprint density at radius 3 is 2.38 bits per heavy atom. The van der Waals surface area contributed by atoms with Crippen LogP contribution in [-0.2, 0) is 19.1 Å². The zero-order chi connectivity index (χ0) is 19.5. The second kappa shape index (κ2) is 7.56. The third-order valence-electron chi connectivity index (χ3n) is 4.06. The van der Waals surface area contributed by atoms with Crippen molar-refractivity contribution in [2.45, 2.75) is 45.3 Å². The van der Waals surface area contributed by atoms with Crippen molar-refractivity contribution in [1.82, 2.24) is 4.90 Å². The lowest BCUT2D eigenvalue weighted by Crippen LogP contribution is -2.40. The molecular formula is C19H22N2O5. The van der Waals surface area contributed by atoms with Crippen LogP contribution in [0.15, 0.2) is 24.3 Å². The molecule has 2 atom stereocenters. The molecule has 0 unspecified atom stereocenters. The van der Waals surface area contributed by atoms with Crippen molar-refractivity contribution in [1.29, 1.82) is 5.26 Å². The Hall–Kier alpha value is -2.88. The number of carbonyl (C=O) groups excluding carboxylic acids is 3. The van der Waals surface area contributed by atoms with E-state index in [1.165, 1.54) is 7.11 Å². The van der Waals surface area contributed by atoms with Gasteiger partial charge in [-0.25, -0.2) is 9.69 Å². The summed E-state index contributed by atoms with van der Waals surface area (Å²) in [7, 11) is 1.26. The number of carbonyl (C=O) groups is 3. The number of benzene rings is 1. The summed E-state index contributed by atoms with van der Waals surface area (Å²) in [6.45, 7) is 5.15. The molecule has 0 aromatic heterocycles. The fraction of sp³-hybridized carbons (Fsp3) is 0.474. The van der Waals surface area contributed by atoms with Gasteiger partial charge in [-0.15, -0.1) is 0 Å². The molecule has 2 rings (SSSR count). The van der Waals surface area contributed by atoms with E-state index in [4.69, 9.17) is 10.00 Å². The smallest absolute Gasteiger partial charge is 0.417 e. The summed E-state index contributed by atoms with van der Waals surface area (Å²) >= 11 is 0. The summed E-state index contributed by atoms with van der Waals surface area (Å²) in [5.74, 6) is -1.62. The highest BCUT2D eigenvalue weighted by Gasteiger charge is 2.46. The van der Waals surface area contributed by atoms with Gasteiger partial charge in [0.05, 0.1) is 37.1 Å². The second-order valence-electron chi connectivity index (χ2n) is 7.15. The monoisotopic (exact) mass is 358 g/mol. The maximum atomic E-state index is 12.8. The lowest BCUT2D eigenvalue weighted by atomic mass is 9.97. The molecule has 0 N–H and O–H groups in total. The van der Waals surface area contributed by atoms with Crippen molar-refractivity contribution in [2.75, 3.05) is 7.11 Å². The SMILES string of the molecule is COC(=O)C[C@@H]1C[C@H](c2ccc(C#N)cc2)N(C(=O)OC(C)(C)C)C1=O. The largest absolute Gasteiger partial charge is 0.469 e. The zero-order valence-corrected chi connectivity index (χ0v) is 15.3. The third-order valence-corrected chi connectivity index (χ3v) is 4.06. The van der Waals surface area contributed by atoms with E-state index in [1.807, 2.05) is 6.07 Å². The molecule has 1 aliphatic rings. The maximum absolute atomic E-state index is 12.8. The minimum Gasteiger partial charge on any atom is -0.469 e. The Kier molecular flexibility index (Phi) is 5.66. The van der Waals surface area contributed by atoms with Gasteiger partial charge in [0.15, 0.2) is 0 Å². The van der Waals surface area contributed by atoms with Crippen LogP contribution in [0.2, 0.25) is 0 Å². The van der Waals surface area contributed by atoms with Gasteiger partial charge in [-0.3, -0.25) is 9.59 Å². The van der Waals surface area contributed by atoms with E-state index in [0.29, 0.717) is 17.5 Å². The first-order chi connectivity index (χ1) is 12.2. The second-order valence-corrected chi connectivity index (χ2v) is 7.15. The van der Waals surface area contributed by atoms with Crippen LogP contribution in [0.25, 0.3) is 0 Å². The first-order valence-electron chi connectivity index (χ1n) is 8.29. The quantitative estimate of drug-likeness (QED) is 0.771. The molecule has 1 aromatic carbocycles. The normalized spacial score (nSPS) is 19.8. The van der Waals surface area contributed by atoms with Crippen molar-refractivity contribution in [3.8, 4) is 6.07 Å². The van der Waals surface area contributed by atoms with Gasteiger partial charge in [0.1, 0.15) is 5.60 Å². The molecule has 138 valence electrons. The molecule has 26 heavy (non-hydrogen) atoms. The summed E-state index contributed by atoms with van der Waals surface area (Å²) in [4.78, 5) is 38.0. The van der Waals surface area contributed by atoms with Crippen LogP contribution in [-0.4, -0.2) is 35.6 Å². The summed E-state index contributed by atoms with van der Waals surface area (Å²) in [5, 5.41) is 8.93. The van der Waals surface area contributed by atoms with Gasteiger partial charge in [0, 0.05) is 0 Å². The van der Waals surface area contributed by atoms with E-state index in [-0.39, 0.29) is 6.42 Å². The zero-order valence-electron chi connectivity index (χ0n) is 15.3. The van der Waals surface area contributed by atoms with Gasteiger partial charge in [-0.1, -0.05) is 12.1 Å². The molecule has 0 aliphatic carbocycles. The summed E-state index contributed by atoms with van der Waals surface area (Å²) < 4.78 is 10.0. The Morgan fingerprint density at radius 2 is 1.88 bits per heavy atom. The highest BCUT2D eigenvalue weighted by Crippen LogP contribution is 2.39. The Labute approximate surface area is 152 Å². The van der Waals surface area contributed by atoms with Crippen molar-refractivity contribution < 1.29 is 23.9 Å². The number of likely N-dealkylation sites (tertiary alicyclic amines) is 1. The lowest BCUT2D eigenvalue weighted by Gasteiger charge is -2.27. The lowest BCUT2D eigenvalue weighted by molar-refractivity contribution is -0.144. The predicted octanol–water partition coefficient (Wildman–Crippen LogP) is 2.95. The van der Waals surface area contributed by atoms with E-state index < -0.39 is 35.5 Å². The summed E-state index contributed by atoms with van der Waals surface area (Å²) in [5.41, 5.74) is 0.427. The number of nitrogens with zero attached hydrogens (tertiary/aromatic N) is 2. The number of ether oxygens (including phenoxy) is 2. The molecule has 2 amide bonds. The van der Waals surface area contributed by atoms with E-state index in [2.05, 4.69) is 4.74 Å². The molecule has 0 bridgehead atoms. The van der Waals surface area contributed by atoms with Crippen molar-refractivity contribution in [2.24, 2.45) is 5.92 Å². The van der Waals surface area contributed by atoms with Crippen LogP contribution >= 0.6 is 0 Å². The minimum atomic E-state index is -0.757. The van der Waals surface area contributed by atoms with Crippen LogP contribution in [0.5, 0.6) is 0 Å². The first kappa shape index (κ1) is 19.4. The van der Waals surface area contributed by atoms with E-state index in [0.717, 1.165) is 4.90 Å². The highest BCUT2D eigenvalue weighted by atomic mass is 16.6. The number of amides is 2. The first-order valence-corrected chi connectivity index (χ1v) is 8.29. The molecule has 7 heteroatoms. The van der Waals surface area contributed by atoms with E-state index in [9.17, 15) is 14.4 Å². The van der Waals surface area contributed by atoms with Gasteiger partial charge in [-0.2, -0.15) is 5.26 Å². The number of nitriles is 1. The molecule has 1 aromatic rings. The van der Waals surface area contributed by atoms with Gasteiger partial charge in [0.25, 0.3) is 0 Å². The van der Waals surface area contributed by atoms with Crippen LogP contribution in [0, 0.1) is 17.2 Å². The Morgan fingerprint density at radius 1 is 1.27 bits per heavy atom. The molecule has 1 heterocycles. The standard InChI is InChI=1S/C19H22N2O5/c1-19(2,3)26-18(24)21-15(13-7-5-12(11-20)6-8-13)9-14(17(21)23)10-16(22)25-4/h5-8,14-15H,9-10H2,1-4H3/t14-,15+/m0/s1. The average molecular weight is 358 g/mol. The summed E-state index contributed by atoms with van der Waals surface area (Å²) in [6, 6.07) is 8.13. The number of rotatable bonds is 3. The third kappa shape index (κ3) is 4.39. The van der Waals surface area contributed by atoms with Crippen LogP contribution in [0.3, 0.4) is 0 Å². The number of hydrogen-bond donors (Lipinski definition) is 0. The summed E-state index contributed by atoms with van der Waals surface area (Å²) in [6.07, 6.45) is -0.551. The molecule has 0 spiro atoms. The minimum absolute atomic E-state index is 0.0958. The number of esters is 1. The molecule has 1 aliphatic heterocycles. The molecule has 1 fully saturated rings. The predicted molar refractivity (Wildman–Crippen MR) is 91.7 cm³/mol. The van der Waals surface area contributed by atoms with Crippen LogP contribution in [0.4, 0.5) is 4.79 Å². The number of imide groups is 1. The number of hydrogen-bond acceptors (Lipinski definition) is 6. The Bertz CT molecular complexity index is 743. The van der Waals surface area contributed by atoms with Gasteiger partial charge in [-0.05, 0) is 44.9 Å². The molecule has 0 saturated carbocycles. The molecule has 7 nitrogen and oxygen atoms in total. The van der Waals surface area contributed by atoms with E-state index in [1.54, 1.807) is 45.0 Å². The average Bonchev–Trinajstić information content (AvgIpc) is 2.90. The van der Waals surface area contributed by atoms with Gasteiger partial charge < -0.3 is 9.47 Å². The molecular weight excluding hydrogens is 336 g/mol. The van der Waals surface area contributed by atoms with E-state index >= 15 is 0 Å². The highest BCUT2D eigenvalue weighted by molar-refractivity contribution is 5.97. The maximum Gasteiger partial charge on any atom is 0.417 e. The van der Waals surface area contributed by atoms with Gasteiger partial charge in [0.2, 0.25) is 5.91 Å². The van der Waals surface area contributed by atoms with Crippen molar-refractivity contribution in [3.63, 3.8) is 0 Å². The topological polar surface area (TPSA) is 96.7 Å².